The third kappa shape index (κ3) is 1.85. The van der Waals surface area contributed by atoms with Crippen molar-refractivity contribution in [1.82, 2.24) is 0 Å². The molecule has 0 saturated heterocycles. The van der Waals surface area contributed by atoms with E-state index in [1.165, 1.54) is 28.7 Å². The number of thiophene rings is 1. The van der Waals surface area contributed by atoms with Crippen molar-refractivity contribution in [2.75, 3.05) is 7.11 Å². The number of fused-ring (bicyclic) bond motifs is 3. The molecule has 0 amide bonds. The first-order chi connectivity index (χ1) is 8.79. The first-order valence-corrected chi connectivity index (χ1v) is 6.90. The summed E-state index contributed by atoms with van der Waals surface area (Å²) in [7, 11) is 1.43. The number of hydrogen-bond donors (Lipinski definition) is 0. The van der Waals surface area contributed by atoms with Gasteiger partial charge in [-0.15, -0.1) is 11.3 Å². The van der Waals surface area contributed by atoms with Crippen LogP contribution in [-0.4, -0.2) is 13.1 Å². The van der Waals surface area contributed by atoms with Gasteiger partial charge in [0.05, 0.1) is 7.11 Å². The maximum absolute atomic E-state index is 11.6. The van der Waals surface area contributed by atoms with Crippen LogP contribution >= 0.6 is 11.3 Å². The molecule has 0 bridgehead atoms. The zero-order valence-electron chi connectivity index (χ0n) is 10.2. The SMILES string of the molecule is COC(=O)c1cc2c(s1)-c1ccccc1CCC2. The van der Waals surface area contributed by atoms with Crippen LogP contribution in [0.2, 0.25) is 0 Å². The van der Waals surface area contributed by atoms with Gasteiger partial charge >= 0.3 is 5.97 Å². The fourth-order valence-corrected chi connectivity index (χ4v) is 3.66. The number of esters is 1. The standard InChI is InChI=1S/C15H14O2S/c1-17-15(16)13-9-11-7-4-6-10-5-2-3-8-12(10)14(11)18-13/h2-3,5,8-9H,4,6-7H2,1H3. The predicted octanol–water partition coefficient (Wildman–Crippen LogP) is 3.69. The fraction of sp³-hybridized carbons (Fsp3) is 0.267. The highest BCUT2D eigenvalue weighted by Crippen LogP contribution is 2.38. The summed E-state index contributed by atoms with van der Waals surface area (Å²) < 4.78 is 4.80. The minimum Gasteiger partial charge on any atom is -0.465 e. The maximum atomic E-state index is 11.6. The highest BCUT2D eigenvalue weighted by Gasteiger charge is 2.20. The zero-order valence-corrected chi connectivity index (χ0v) is 11.0. The largest absolute Gasteiger partial charge is 0.465 e. The molecule has 1 aliphatic carbocycles. The molecular weight excluding hydrogens is 244 g/mol. The minimum atomic E-state index is -0.231. The molecule has 2 aromatic rings. The second-order valence-corrected chi connectivity index (χ2v) is 5.52. The Hall–Kier alpha value is -1.61. The van der Waals surface area contributed by atoms with E-state index in [0.717, 1.165) is 19.3 Å². The molecule has 0 atom stereocenters. The Kier molecular flexibility index (Phi) is 2.92. The quantitative estimate of drug-likeness (QED) is 0.729. The Labute approximate surface area is 110 Å². The molecule has 1 heterocycles. The predicted molar refractivity (Wildman–Crippen MR) is 73.1 cm³/mol. The molecule has 3 rings (SSSR count). The summed E-state index contributed by atoms with van der Waals surface area (Å²) in [5.41, 5.74) is 3.95. The Bertz CT molecular complexity index is 598. The van der Waals surface area contributed by atoms with Crippen LogP contribution in [0.15, 0.2) is 30.3 Å². The molecule has 18 heavy (non-hydrogen) atoms. The van der Waals surface area contributed by atoms with Crippen LogP contribution in [0.5, 0.6) is 0 Å². The summed E-state index contributed by atoms with van der Waals surface area (Å²) in [5, 5.41) is 0. The van der Waals surface area contributed by atoms with Crippen molar-refractivity contribution in [3.63, 3.8) is 0 Å². The monoisotopic (exact) mass is 258 g/mol. The van der Waals surface area contributed by atoms with Gasteiger partial charge in [0.15, 0.2) is 0 Å². The molecule has 0 saturated carbocycles. The van der Waals surface area contributed by atoms with Crippen LogP contribution in [0.3, 0.4) is 0 Å². The Morgan fingerprint density at radius 2 is 2.00 bits per heavy atom. The van der Waals surface area contributed by atoms with Crippen LogP contribution in [0.4, 0.5) is 0 Å². The molecule has 0 unspecified atom stereocenters. The lowest BCUT2D eigenvalue weighted by Gasteiger charge is -2.04. The highest BCUT2D eigenvalue weighted by atomic mass is 32.1. The number of benzene rings is 1. The van der Waals surface area contributed by atoms with Gasteiger partial charge in [0.1, 0.15) is 4.88 Å². The van der Waals surface area contributed by atoms with Gasteiger partial charge in [0, 0.05) is 4.88 Å². The van der Waals surface area contributed by atoms with Crippen molar-refractivity contribution in [2.24, 2.45) is 0 Å². The van der Waals surface area contributed by atoms with E-state index in [4.69, 9.17) is 4.74 Å². The third-order valence-corrected chi connectivity index (χ3v) is 4.54. The number of hydrogen-bond acceptors (Lipinski definition) is 3. The molecule has 0 fully saturated rings. The molecule has 3 heteroatoms. The second-order valence-electron chi connectivity index (χ2n) is 4.47. The van der Waals surface area contributed by atoms with Gasteiger partial charge in [-0.05, 0) is 42.0 Å². The minimum absolute atomic E-state index is 0.231. The number of ether oxygens (including phenoxy) is 1. The number of aryl methyl sites for hydroxylation is 2. The van der Waals surface area contributed by atoms with Crippen LogP contribution < -0.4 is 0 Å². The maximum Gasteiger partial charge on any atom is 0.348 e. The summed E-state index contributed by atoms with van der Waals surface area (Å²) in [6.45, 7) is 0. The molecule has 0 aliphatic heterocycles. The smallest absolute Gasteiger partial charge is 0.348 e. The van der Waals surface area contributed by atoms with E-state index >= 15 is 0 Å². The lowest BCUT2D eigenvalue weighted by molar-refractivity contribution is 0.0606. The van der Waals surface area contributed by atoms with Crippen molar-refractivity contribution in [2.45, 2.75) is 19.3 Å². The van der Waals surface area contributed by atoms with Gasteiger partial charge in [-0.25, -0.2) is 4.79 Å². The zero-order chi connectivity index (χ0) is 12.5. The van der Waals surface area contributed by atoms with E-state index in [-0.39, 0.29) is 5.97 Å². The van der Waals surface area contributed by atoms with Crippen LogP contribution in [0.1, 0.15) is 27.2 Å². The van der Waals surface area contributed by atoms with Crippen LogP contribution in [0, 0.1) is 0 Å². The lowest BCUT2D eigenvalue weighted by atomic mass is 10.0. The number of carbonyl (C=O) groups is 1. The first kappa shape index (κ1) is 11.5. The van der Waals surface area contributed by atoms with Gasteiger partial charge in [-0.2, -0.15) is 0 Å². The van der Waals surface area contributed by atoms with Crippen LogP contribution in [-0.2, 0) is 17.6 Å². The van der Waals surface area contributed by atoms with Crippen molar-refractivity contribution in [3.8, 4) is 10.4 Å². The average Bonchev–Trinajstić information content (AvgIpc) is 2.75. The Balaban J connectivity index is 2.15. The second kappa shape index (κ2) is 4.58. The molecule has 0 spiro atoms. The summed E-state index contributed by atoms with van der Waals surface area (Å²) in [5.74, 6) is -0.231. The van der Waals surface area contributed by atoms with Crippen molar-refractivity contribution >= 4 is 17.3 Å². The van der Waals surface area contributed by atoms with Gasteiger partial charge in [-0.3, -0.25) is 0 Å². The normalized spacial score (nSPS) is 13.4. The van der Waals surface area contributed by atoms with Crippen molar-refractivity contribution in [1.29, 1.82) is 0 Å². The molecule has 1 aromatic carbocycles. The van der Waals surface area contributed by atoms with Gasteiger partial charge < -0.3 is 4.74 Å². The summed E-state index contributed by atoms with van der Waals surface area (Å²) in [4.78, 5) is 13.6. The van der Waals surface area contributed by atoms with Crippen molar-refractivity contribution in [3.05, 3.63) is 46.3 Å². The van der Waals surface area contributed by atoms with E-state index in [9.17, 15) is 4.79 Å². The van der Waals surface area contributed by atoms with Gasteiger partial charge in [-0.1, -0.05) is 24.3 Å². The number of methoxy groups -OCH3 is 1. The topological polar surface area (TPSA) is 26.3 Å². The molecule has 1 aliphatic rings. The highest BCUT2D eigenvalue weighted by molar-refractivity contribution is 7.17. The van der Waals surface area contributed by atoms with E-state index in [0.29, 0.717) is 4.88 Å². The Morgan fingerprint density at radius 1 is 1.22 bits per heavy atom. The van der Waals surface area contributed by atoms with E-state index in [1.807, 2.05) is 6.07 Å². The molecule has 0 N–H and O–H groups in total. The Morgan fingerprint density at radius 3 is 2.83 bits per heavy atom. The van der Waals surface area contributed by atoms with E-state index < -0.39 is 0 Å². The molecular formula is C15H14O2S. The number of rotatable bonds is 1. The van der Waals surface area contributed by atoms with Crippen LogP contribution in [0.25, 0.3) is 10.4 Å². The lowest BCUT2D eigenvalue weighted by Crippen LogP contribution is -1.97. The summed E-state index contributed by atoms with van der Waals surface area (Å²) in [6.07, 6.45) is 3.30. The molecule has 92 valence electrons. The first-order valence-electron chi connectivity index (χ1n) is 6.09. The molecule has 2 nitrogen and oxygen atoms in total. The van der Waals surface area contributed by atoms with Crippen molar-refractivity contribution < 1.29 is 9.53 Å². The summed E-state index contributed by atoms with van der Waals surface area (Å²) in [6, 6.07) is 10.5. The molecule has 1 aromatic heterocycles. The number of carbonyl (C=O) groups excluding carboxylic acids is 1. The fourth-order valence-electron chi connectivity index (χ4n) is 2.47. The van der Waals surface area contributed by atoms with E-state index in [2.05, 4.69) is 24.3 Å². The van der Waals surface area contributed by atoms with Gasteiger partial charge in [0.2, 0.25) is 0 Å². The van der Waals surface area contributed by atoms with Gasteiger partial charge in [0.25, 0.3) is 0 Å². The summed E-state index contributed by atoms with van der Waals surface area (Å²) >= 11 is 1.55. The molecule has 0 radical (unpaired) electrons. The van der Waals surface area contributed by atoms with E-state index in [1.54, 1.807) is 11.3 Å². The average molecular weight is 258 g/mol. The third-order valence-electron chi connectivity index (χ3n) is 3.35.